The number of unbranched alkanes of at least 4 members (excludes halogenated alkanes) is 1. The van der Waals surface area contributed by atoms with E-state index in [2.05, 4.69) is 21.2 Å². The minimum atomic E-state index is -0.181. The first-order valence-corrected chi connectivity index (χ1v) is 5.91. The fourth-order valence-electron chi connectivity index (χ4n) is 1.23. The molecule has 1 aromatic rings. The monoisotopic (exact) mass is 286 g/mol. The lowest BCUT2D eigenvalue weighted by atomic mass is 10.2. The van der Waals surface area contributed by atoms with Crippen LogP contribution in [-0.4, -0.2) is 24.1 Å². The smallest absolute Gasteiger partial charge is 0.251 e. The van der Waals surface area contributed by atoms with Gasteiger partial charge < -0.3 is 16.2 Å². The van der Waals surface area contributed by atoms with Gasteiger partial charge in [0.25, 0.3) is 5.91 Å². The van der Waals surface area contributed by atoms with Gasteiger partial charge in [-0.1, -0.05) is 0 Å². The van der Waals surface area contributed by atoms with E-state index in [-0.39, 0.29) is 11.7 Å². The van der Waals surface area contributed by atoms with E-state index in [1.807, 2.05) is 0 Å². The number of hydrogen-bond donors (Lipinski definition) is 3. The van der Waals surface area contributed by atoms with E-state index < -0.39 is 0 Å². The van der Waals surface area contributed by atoms with Crippen molar-refractivity contribution in [1.29, 1.82) is 0 Å². The molecule has 4 nitrogen and oxygen atoms in total. The molecule has 0 bridgehead atoms. The van der Waals surface area contributed by atoms with Gasteiger partial charge in [0.1, 0.15) is 5.75 Å². The van der Waals surface area contributed by atoms with Gasteiger partial charge in [0.15, 0.2) is 0 Å². The molecule has 0 fully saturated rings. The minimum Gasteiger partial charge on any atom is -0.507 e. The molecule has 0 aliphatic rings. The van der Waals surface area contributed by atoms with Crippen molar-refractivity contribution in [3.63, 3.8) is 0 Å². The maximum atomic E-state index is 11.6. The molecule has 0 saturated carbocycles. The van der Waals surface area contributed by atoms with Gasteiger partial charge in [-0.15, -0.1) is 0 Å². The maximum Gasteiger partial charge on any atom is 0.251 e. The van der Waals surface area contributed by atoms with Crippen molar-refractivity contribution in [2.75, 3.05) is 13.1 Å². The summed E-state index contributed by atoms with van der Waals surface area (Å²) in [5.74, 6) is -0.116. The first-order chi connectivity index (χ1) is 7.65. The third kappa shape index (κ3) is 3.83. The molecule has 0 spiro atoms. The number of nitrogens with one attached hydrogen (secondary N) is 1. The topological polar surface area (TPSA) is 75.3 Å². The summed E-state index contributed by atoms with van der Waals surface area (Å²) in [4.78, 5) is 11.6. The molecule has 1 rings (SSSR count). The normalized spacial score (nSPS) is 10.1. The number of nitrogens with two attached hydrogens (primary N) is 1. The molecule has 0 unspecified atom stereocenters. The van der Waals surface area contributed by atoms with Crippen LogP contribution in [0.15, 0.2) is 22.7 Å². The van der Waals surface area contributed by atoms with Crippen molar-refractivity contribution in [3.8, 4) is 5.75 Å². The van der Waals surface area contributed by atoms with Gasteiger partial charge in [-0.2, -0.15) is 0 Å². The summed E-state index contributed by atoms with van der Waals surface area (Å²) >= 11 is 3.16. The van der Waals surface area contributed by atoms with Crippen LogP contribution in [0, 0.1) is 0 Å². The molecule has 0 atom stereocenters. The van der Waals surface area contributed by atoms with E-state index in [0.29, 0.717) is 23.1 Å². The highest BCUT2D eigenvalue weighted by molar-refractivity contribution is 9.10. The number of phenolic OH excluding ortho intramolecular Hbond substituents is 1. The van der Waals surface area contributed by atoms with E-state index in [1.54, 1.807) is 12.1 Å². The Kier molecular flexibility index (Phi) is 5.28. The molecule has 0 aliphatic heterocycles. The summed E-state index contributed by atoms with van der Waals surface area (Å²) in [5.41, 5.74) is 5.79. The Balaban J connectivity index is 2.50. The first-order valence-electron chi connectivity index (χ1n) is 5.12. The summed E-state index contributed by atoms with van der Waals surface area (Å²) in [5, 5.41) is 12.2. The lowest BCUT2D eigenvalue weighted by Crippen LogP contribution is -2.24. The van der Waals surface area contributed by atoms with Gasteiger partial charge in [-0.05, 0) is 53.5 Å². The fraction of sp³-hybridized carbons (Fsp3) is 0.364. The van der Waals surface area contributed by atoms with Crippen LogP contribution in [0.3, 0.4) is 0 Å². The van der Waals surface area contributed by atoms with E-state index in [1.165, 1.54) is 6.07 Å². The number of carbonyl (C=O) groups excluding carboxylic acids is 1. The number of rotatable bonds is 5. The van der Waals surface area contributed by atoms with Crippen molar-refractivity contribution in [3.05, 3.63) is 28.2 Å². The minimum absolute atomic E-state index is 0.0645. The molecular weight excluding hydrogens is 272 g/mol. The Bertz CT molecular complexity index is 369. The average Bonchev–Trinajstić information content (AvgIpc) is 2.28. The molecule has 0 aromatic heterocycles. The van der Waals surface area contributed by atoms with Gasteiger partial charge in [-0.25, -0.2) is 0 Å². The first kappa shape index (κ1) is 13.0. The fourth-order valence-corrected chi connectivity index (χ4v) is 1.47. The Morgan fingerprint density at radius 2 is 2.19 bits per heavy atom. The third-order valence-electron chi connectivity index (χ3n) is 2.12. The molecule has 0 aliphatic carbocycles. The maximum absolute atomic E-state index is 11.6. The van der Waals surface area contributed by atoms with Gasteiger partial charge >= 0.3 is 0 Å². The van der Waals surface area contributed by atoms with E-state index in [9.17, 15) is 9.90 Å². The second-order valence-corrected chi connectivity index (χ2v) is 4.27. The van der Waals surface area contributed by atoms with Crippen LogP contribution in [0.25, 0.3) is 0 Å². The molecular formula is C11H15BrN2O2. The molecule has 4 N–H and O–H groups in total. The van der Waals surface area contributed by atoms with Crippen molar-refractivity contribution < 1.29 is 9.90 Å². The van der Waals surface area contributed by atoms with Gasteiger partial charge in [0.05, 0.1) is 4.47 Å². The van der Waals surface area contributed by atoms with Gasteiger partial charge in [0, 0.05) is 12.1 Å². The number of hydrogen-bond acceptors (Lipinski definition) is 3. The predicted molar refractivity (Wildman–Crippen MR) is 66.4 cm³/mol. The van der Waals surface area contributed by atoms with E-state index in [4.69, 9.17) is 5.73 Å². The molecule has 0 saturated heterocycles. The summed E-state index contributed by atoms with van der Waals surface area (Å²) in [6, 6.07) is 4.73. The number of phenols is 1. The molecule has 0 heterocycles. The lowest BCUT2D eigenvalue weighted by Gasteiger charge is -2.05. The standard InChI is InChI=1S/C11H15BrN2O2/c12-9-4-3-8(7-10(9)15)11(16)14-6-2-1-5-13/h3-4,7,15H,1-2,5-6,13H2,(H,14,16). The second-order valence-electron chi connectivity index (χ2n) is 3.42. The Morgan fingerprint density at radius 1 is 1.44 bits per heavy atom. The summed E-state index contributed by atoms with van der Waals surface area (Å²) in [7, 11) is 0. The van der Waals surface area contributed by atoms with Crippen LogP contribution in [0.5, 0.6) is 5.75 Å². The van der Waals surface area contributed by atoms with Crippen molar-refractivity contribution in [2.24, 2.45) is 5.73 Å². The van der Waals surface area contributed by atoms with Crippen molar-refractivity contribution in [2.45, 2.75) is 12.8 Å². The van der Waals surface area contributed by atoms with Gasteiger partial charge in [0.2, 0.25) is 0 Å². The highest BCUT2D eigenvalue weighted by atomic mass is 79.9. The number of carbonyl (C=O) groups is 1. The summed E-state index contributed by atoms with van der Waals surface area (Å²) in [6.45, 7) is 1.24. The molecule has 16 heavy (non-hydrogen) atoms. The SMILES string of the molecule is NCCCCNC(=O)c1ccc(Br)c(O)c1. The van der Waals surface area contributed by atoms with Crippen LogP contribution in [-0.2, 0) is 0 Å². The van der Waals surface area contributed by atoms with Crippen LogP contribution in [0.4, 0.5) is 0 Å². The second kappa shape index (κ2) is 6.50. The largest absolute Gasteiger partial charge is 0.507 e. The number of aromatic hydroxyl groups is 1. The highest BCUT2D eigenvalue weighted by Crippen LogP contribution is 2.24. The zero-order valence-corrected chi connectivity index (χ0v) is 10.5. The average molecular weight is 287 g/mol. The van der Waals surface area contributed by atoms with E-state index in [0.717, 1.165) is 12.8 Å². The zero-order chi connectivity index (χ0) is 12.0. The van der Waals surface area contributed by atoms with Crippen LogP contribution in [0.1, 0.15) is 23.2 Å². The lowest BCUT2D eigenvalue weighted by molar-refractivity contribution is 0.0952. The summed E-state index contributed by atoms with van der Waals surface area (Å²) in [6.07, 6.45) is 1.76. The Morgan fingerprint density at radius 3 is 2.81 bits per heavy atom. The summed E-state index contributed by atoms with van der Waals surface area (Å²) < 4.78 is 0.576. The zero-order valence-electron chi connectivity index (χ0n) is 8.87. The van der Waals surface area contributed by atoms with Crippen LogP contribution >= 0.6 is 15.9 Å². The Hall–Kier alpha value is -1.07. The van der Waals surface area contributed by atoms with E-state index >= 15 is 0 Å². The van der Waals surface area contributed by atoms with Crippen molar-refractivity contribution >= 4 is 21.8 Å². The third-order valence-corrected chi connectivity index (χ3v) is 2.80. The van der Waals surface area contributed by atoms with Gasteiger partial charge in [-0.3, -0.25) is 4.79 Å². The highest BCUT2D eigenvalue weighted by Gasteiger charge is 2.07. The molecule has 0 radical (unpaired) electrons. The molecule has 1 aromatic carbocycles. The number of amides is 1. The van der Waals surface area contributed by atoms with Crippen LogP contribution < -0.4 is 11.1 Å². The van der Waals surface area contributed by atoms with Crippen LogP contribution in [0.2, 0.25) is 0 Å². The van der Waals surface area contributed by atoms with Crippen molar-refractivity contribution in [1.82, 2.24) is 5.32 Å². The Labute approximate surface area is 103 Å². The molecule has 5 heteroatoms. The predicted octanol–water partition coefficient (Wildman–Crippen LogP) is 1.62. The number of benzene rings is 1. The molecule has 88 valence electrons. The number of halogens is 1. The quantitative estimate of drug-likeness (QED) is 0.720. The molecule has 1 amide bonds.